The average Bonchev–Trinajstić information content (AvgIpc) is 2.77. The molecular formula is C23H32O8. The molecule has 1 atom stereocenters. The lowest BCUT2D eigenvalue weighted by Crippen LogP contribution is -2.12. The van der Waals surface area contributed by atoms with E-state index in [0.29, 0.717) is 64.7 Å². The Hall–Kier alpha value is -2.68. The molecule has 1 N–H and O–H groups in total. The Morgan fingerprint density at radius 1 is 0.903 bits per heavy atom. The van der Waals surface area contributed by atoms with Gasteiger partial charge in [0.15, 0.2) is 18.3 Å². The van der Waals surface area contributed by atoms with E-state index >= 15 is 0 Å². The smallest absolute Gasteiger partial charge is 0.189 e. The zero-order chi connectivity index (χ0) is 23.0. The number of allylic oxidation sites excluding steroid dienone is 1. The van der Waals surface area contributed by atoms with E-state index in [1.807, 2.05) is 0 Å². The van der Waals surface area contributed by atoms with Crippen LogP contribution in [-0.4, -0.2) is 60.7 Å². The number of rotatable bonds is 13. The van der Waals surface area contributed by atoms with Gasteiger partial charge in [-0.3, -0.25) is 0 Å². The summed E-state index contributed by atoms with van der Waals surface area (Å²) in [7, 11) is 7.80. The molecule has 31 heavy (non-hydrogen) atoms. The summed E-state index contributed by atoms with van der Waals surface area (Å²) in [5.41, 5.74) is 1.28. The first-order valence-electron chi connectivity index (χ1n) is 9.84. The summed E-state index contributed by atoms with van der Waals surface area (Å²) >= 11 is 0. The number of aliphatic hydroxyl groups is 1. The lowest BCUT2D eigenvalue weighted by Gasteiger charge is -2.25. The fraction of sp³-hybridized carbons (Fsp3) is 0.478. The second-order valence-electron chi connectivity index (χ2n) is 6.65. The molecule has 0 spiro atoms. The van der Waals surface area contributed by atoms with Crippen LogP contribution in [0.3, 0.4) is 0 Å². The van der Waals surface area contributed by atoms with Crippen molar-refractivity contribution in [2.75, 3.05) is 55.6 Å². The summed E-state index contributed by atoms with van der Waals surface area (Å²) in [4.78, 5) is 0. The highest BCUT2D eigenvalue weighted by Gasteiger charge is 2.29. The van der Waals surface area contributed by atoms with Crippen molar-refractivity contribution in [1.29, 1.82) is 0 Å². The van der Waals surface area contributed by atoms with Gasteiger partial charge in [0, 0.05) is 24.3 Å². The number of aliphatic hydroxyl groups excluding tert-OH is 1. The van der Waals surface area contributed by atoms with Gasteiger partial charge in [-0.15, -0.1) is 6.58 Å². The van der Waals surface area contributed by atoms with Gasteiger partial charge in [-0.2, -0.15) is 0 Å². The molecule has 172 valence electrons. The van der Waals surface area contributed by atoms with Crippen LogP contribution in [0.5, 0.6) is 28.7 Å². The Morgan fingerprint density at radius 2 is 1.58 bits per heavy atom. The van der Waals surface area contributed by atoms with Crippen LogP contribution < -0.4 is 23.7 Å². The molecule has 0 bridgehead atoms. The van der Waals surface area contributed by atoms with Crippen LogP contribution in [0.2, 0.25) is 0 Å². The molecule has 0 fully saturated rings. The minimum Gasteiger partial charge on any atom is -0.496 e. The summed E-state index contributed by atoms with van der Waals surface area (Å²) in [6.07, 6.45) is 1.31. The third-order valence-corrected chi connectivity index (χ3v) is 4.84. The lowest BCUT2D eigenvalue weighted by atomic mass is 9.91. The van der Waals surface area contributed by atoms with Gasteiger partial charge in [0.1, 0.15) is 17.2 Å². The number of benzene rings is 2. The molecule has 0 aromatic heterocycles. The van der Waals surface area contributed by atoms with E-state index in [2.05, 4.69) is 6.58 Å². The Morgan fingerprint density at radius 3 is 2.10 bits per heavy atom. The standard InChI is InChI=1S/C23H32O8/c1-8-9-15-18(14(2)24)23(31-13-30-11-10-25-3)19-16(26-4)12-17(27-5)22(29-7)20(19)21(15)28-6/h8,12,14,24H,1,9-11,13H2,2-7H3. The maximum atomic E-state index is 10.7. The molecule has 0 saturated heterocycles. The highest BCUT2D eigenvalue weighted by Crippen LogP contribution is 2.53. The van der Waals surface area contributed by atoms with Crippen molar-refractivity contribution in [2.45, 2.75) is 19.4 Å². The van der Waals surface area contributed by atoms with Crippen LogP contribution in [-0.2, 0) is 15.9 Å². The van der Waals surface area contributed by atoms with Crippen LogP contribution in [0.1, 0.15) is 24.2 Å². The Bertz CT molecular complexity index is 892. The third kappa shape index (κ3) is 4.98. The maximum absolute atomic E-state index is 10.7. The molecule has 2 rings (SSSR count). The molecule has 2 aromatic rings. The van der Waals surface area contributed by atoms with Crippen molar-refractivity contribution in [1.82, 2.24) is 0 Å². The van der Waals surface area contributed by atoms with Gasteiger partial charge >= 0.3 is 0 Å². The van der Waals surface area contributed by atoms with Crippen LogP contribution in [0.25, 0.3) is 10.8 Å². The first kappa shape index (κ1) is 24.6. The number of methoxy groups -OCH3 is 5. The molecule has 1 unspecified atom stereocenters. The van der Waals surface area contributed by atoms with Gasteiger partial charge in [0.2, 0.25) is 0 Å². The van der Waals surface area contributed by atoms with Crippen LogP contribution in [0.15, 0.2) is 18.7 Å². The molecule has 0 aliphatic rings. The van der Waals surface area contributed by atoms with Gasteiger partial charge in [0.05, 0.1) is 58.5 Å². The number of ether oxygens (including phenoxy) is 7. The van der Waals surface area contributed by atoms with Gasteiger partial charge in [-0.05, 0) is 13.3 Å². The van der Waals surface area contributed by atoms with Gasteiger partial charge in [0.25, 0.3) is 0 Å². The molecule has 8 heteroatoms. The fourth-order valence-electron chi connectivity index (χ4n) is 3.58. The topological polar surface area (TPSA) is 84.8 Å². The SMILES string of the molecule is C=CCc1c(C(C)O)c(OCOCCOC)c2c(OC)cc(OC)c(OC)c2c1OC. The second kappa shape index (κ2) is 11.6. The number of hydrogen-bond acceptors (Lipinski definition) is 8. The first-order valence-corrected chi connectivity index (χ1v) is 9.84. The molecular weight excluding hydrogens is 404 g/mol. The zero-order valence-electron chi connectivity index (χ0n) is 19.1. The molecule has 0 aliphatic heterocycles. The molecule has 0 heterocycles. The van der Waals surface area contributed by atoms with Crippen LogP contribution >= 0.6 is 0 Å². The third-order valence-electron chi connectivity index (χ3n) is 4.84. The zero-order valence-corrected chi connectivity index (χ0v) is 19.1. The molecule has 8 nitrogen and oxygen atoms in total. The predicted molar refractivity (Wildman–Crippen MR) is 118 cm³/mol. The summed E-state index contributed by atoms with van der Waals surface area (Å²) < 4.78 is 39.2. The average molecular weight is 437 g/mol. The maximum Gasteiger partial charge on any atom is 0.189 e. The van der Waals surface area contributed by atoms with E-state index < -0.39 is 6.10 Å². The van der Waals surface area contributed by atoms with E-state index in [-0.39, 0.29) is 6.79 Å². The highest BCUT2D eigenvalue weighted by molar-refractivity contribution is 6.05. The normalized spacial score (nSPS) is 11.8. The molecule has 0 radical (unpaired) electrons. The van der Waals surface area contributed by atoms with Crippen molar-refractivity contribution >= 4 is 10.8 Å². The first-order chi connectivity index (χ1) is 15.0. The van der Waals surface area contributed by atoms with E-state index in [9.17, 15) is 5.11 Å². The monoisotopic (exact) mass is 436 g/mol. The minimum absolute atomic E-state index is 0.0461. The van der Waals surface area contributed by atoms with E-state index in [4.69, 9.17) is 33.2 Å². The summed E-state index contributed by atoms with van der Waals surface area (Å²) in [5, 5.41) is 11.9. The van der Waals surface area contributed by atoms with Crippen LogP contribution in [0.4, 0.5) is 0 Å². The highest BCUT2D eigenvalue weighted by atomic mass is 16.7. The molecule has 0 saturated carbocycles. The lowest BCUT2D eigenvalue weighted by molar-refractivity contribution is -0.00908. The van der Waals surface area contributed by atoms with Crippen molar-refractivity contribution in [2.24, 2.45) is 0 Å². The summed E-state index contributed by atoms with van der Waals surface area (Å²) in [6.45, 7) is 6.27. The van der Waals surface area contributed by atoms with Crippen molar-refractivity contribution in [3.63, 3.8) is 0 Å². The molecule has 0 aliphatic carbocycles. The summed E-state index contributed by atoms with van der Waals surface area (Å²) in [5.74, 6) is 2.35. The quantitative estimate of drug-likeness (QED) is 0.289. The van der Waals surface area contributed by atoms with E-state index in [0.717, 1.165) is 5.56 Å². The molecule has 0 amide bonds. The van der Waals surface area contributed by atoms with E-state index in [1.54, 1.807) is 54.6 Å². The minimum atomic E-state index is -0.861. The molecule has 2 aromatic carbocycles. The second-order valence-corrected chi connectivity index (χ2v) is 6.65. The fourth-order valence-corrected chi connectivity index (χ4v) is 3.58. The van der Waals surface area contributed by atoms with Gasteiger partial charge < -0.3 is 38.3 Å². The predicted octanol–water partition coefficient (Wildman–Crippen LogP) is 3.66. The van der Waals surface area contributed by atoms with Crippen molar-refractivity contribution in [3.8, 4) is 28.7 Å². The number of hydrogen-bond donors (Lipinski definition) is 1. The number of fused-ring (bicyclic) bond motifs is 1. The Kier molecular flexibility index (Phi) is 9.23. The van der Waals surface area contributed by atoms with E-state index in [1.165, 1.54) is 0 Å². The van der Waals surface area contributed by atoms with Gasteiger partial charge in [-0.25, -0.2) is 0 Å². The summed E-state index contributed by atoms with van der Waals surface area (Å²) in [6, 6.07) is 1.71. The Balaban J connectivity index is 2.94. The van der Waals surface area contributed by atoms with Crippen LogP contribution in [0, 0.1) is 0 Å². The Labute approximate surface area is 183 Å². The van der Waals surface area contributed by atoms with Crippen molar-refractivity contribution < 1.29 is 38.3 Å². The van der Waals surface area contributed by atoms with Crippen molar-refractivity contribution in [3.05, 3.63) is 29.8 Å². The van der Waals surface area contributed by atoms with Gasteiger partial charge in [-0.1, -0.05) is 6.08 Å². The largest absolute Gasteiger partial charge is 0.496 e.